The molecular weight excluding hydrogens is 198 g/mol. The maximum absolute atomic E-state index is 6.29. The molecule has 0 radical (unpaired) electrons. The van der Waals surface area contributed by atoms with Crippen molar-refractivity contribution in [3.63, 3.8) is 0 Å². The number of fused-ring (bicyclic) bond motifs is 2. The smallest absolute Gasteiger partial charge is 0.110 e. The molecule has 1 aliphatic carbocycles. The number of pyridine rings is 1. The van der Waals surface area contributed by atoms with Crippen molar-refractivity contribution >= 4 is 22.6 Å². The lowest BCUT2D eigenvalue weighted by atomic mass is 9.96. The van der Waals surface area contributed by atoms with Gasteiger partial charge in [0.15, 0.2) is 0 Å². The van der Waals surface area contributed by atoms with Crippen molar-refractivity contribution in [3.05, 3.63) is 22.5 Å². The quantitative estimate of drug-likeness (QED) is 0.721. The number of rotatable bonds is 0. The average molecular weight is 208 g/mol. The van der Waals surface area contributed by atoms with Crippen LogP contribution in [0.25, 0.3) is 11.0 Å². The first kappa shape index (κ1) is 8.24. The number of nitrogens with one attached hydrogen (secondary N) is 1. The highest BCUT2D eigenvalue weighted by Crippen LogP contribution is 2.31. The molecule has 0 aromatic carbocycles. The van der Waals surface area contributed by atoms with Gasteiger partial charge in [0.25, 0.3) is 0 Å². The molecule has 0 spiro atoms. The van der Waals surface area contributed by atoms with E-state index in [-0.39, 0.29) is 0 Å². The lowest BCUT2D eigenvalue weighted by molar-refractivity contribution is 0.671. The van der Waals surface area contributed by atoms with Crippen LogP contribution < -0.4 is 0 Å². The summed E-state index contributed by atoms with van der Waals surface area (Å²) in [6, 6.07) is 0. The zero-order valence-corrected chi connectivity index (χ0v) is 8.43. The summed E-state index contributed by atoms with van der Waals surface area (Å²) in [6.07, 6.45) is 6.27. The number of halogens is 1. The van der Waals surface area contributed by atoms with Gasteiger partial charge in [0.05, 0.1) is 11.2 Å². The Bertz CT molecular complexity index is 489. The third-order valence-corrected chi connectivity index (χ3v) is 3.21. The normalized spacial score (nSPS) is 15.8. The lowest BCUT2D eigenvalue weighted by Crippen LogP contribution is -2.06. The van der Waals surface area contributed by atoms with Crippen LogP contribution in [0, 0.1) is 0 Å². The molecule has 0 aliphatic heterocycles. The summed E-state index contributed by atoms with van der Waals surface area (Å²) in [6.45, 7) is 0. The predicted molar refractivity (Wildman–Crippen MR) is 55.5 cm³/mol. The number of nitrogens with zero attached hydrogens (tertiary/aromatic N) is 2. The molecule has 0 saturated carbocycles. The topological polar surface area (TPSA) is 41.6 Å². The van der Waals surface area contributed by atoms with Crippen molar-refractivity contribution in [2.45, 2.75) is 25.7 Å². The summed E-state index contributed by atoms with van der Waals surface area (Å²) in [4.78, 5) is 4.56. The molecule has 14 heavy (non-hydrogen) atoms. The molecule has 1 aliphatic rings. The fourth-order valence-electron chi connectivity index (χ4n) is 2.07. The number of aromatic nitrogens is 3. The van der Waals surface area contributed by atoms with E-state index in [1.54, 1.807) is 6.20 Å². The van der Waals surface area contributed by atoms with E-state index in [1.165, 1.54) is 18.4 Å². The summed E-state index contributed by atoms with van der Waals surface area (Å²) in [5, 5.41) is 7.68. The van der Waals surface area contributed by atoms with Gasteiger partial charge >= 0.3 is 0 Å². The van der Waals surface area contributed by atoms with E-state index in [4.69, 9.17) is 11.6 Å². The molecule has 4 heteroatoms. The van der Waals surface area contributed by atoms with E-state index in [2.05, 4.69) is 15.2 Å². The van der Waals surface area contributed by atoms with E-state index < -0.39 is 0 Å². The highest BCUT2D eigenvalue weighted by atomic mass is 35.5. The summed E-state index contributed by atoms with van der Waals surface area (Å²) in [5.74, 6) is 0. The maximum atomic E-state index is 6.29. The summed E-state index contributed by atoms with van der Waals surface area (Å²) >= 11 is 6.29. The maximum Gasteiger partial charge on any atom is 0.110 e. The van der Waals surface area contributed by atoms with Crippen LogP contribution in [0.5, 0.6) is 0 Å². The Kier molecular flexibility index (Phi) is 1.74. The largest absolute Gasteiger partial charge is 0.275 e. The molecule has 1 N–H and O–H groups in total. The van der Waals surface area contributed by atoms with Crippen molar-refractivity contribution in [1.82, 2.24) is 15.2 Å². The van der Waals surface area contributed by atoms with E-state index in [9.17, 15) is 0 Å². The monoisotopic (exact) mass is 207 g/mol. The zero-order chi connectivity index (χ0) is 9.54. The molecule has 0 unspecified atom stereocenters. The van der Waals surface area contributed by atoms with Crippen LogP contribution in [0.15, 0.2) is 6.20 Å². The lowest BCUT2D eigenvalue weighted by Gasteiger charge is -2.15. The van der Waals surface area contributed by atoms with Gasteiger partial charge in [-0.25, -0.2) is 4.98 Å². The van der Waals surface area contributed by atoms with Gasteiger partial charge < -0.3 is 0 Å². The number of aromatic amines is 1. The summed E-state index contributed by atoms with van der Waals surface area (Å²) in [7, 11) is 0. The molecule has 0 fully saturated rings. The third-order valence-electron chi connectivity index (χ3n) is 2.80. The molecule has 3 nitrogen and oxygen atoms in total. The Balaban J connectivity index is 2.36. The van der Waals surface area contributed by atoms with Crippen LogP contribution in [0.1, 0.15) is 24.1 Å². The SMILES string of the molecule is Clc1c2c(nc3cn[nH]c13)CCCC2. The van der Waals surface area contributed by atoms with Gasteiger partial charge in [-0.1, -0.05) is 11.6 Å². The van der Waals surface area contributed by atoms with Crippen molar-refractivity contribution in [2.75, 3.05) is 0 Å². The van der Waals surface area contributed by atoms with E-state index >= 15 is 0 Å². The fraction of sp³-hybridized carbons (Fsp3) is 0.400. The van der Waals surface area contributed by atoms with Gasteiger partial charge in [-0.05, 0) is 31.2 Å². The van der Waals surface area contributed by atoms with Gasteiger partial charge in [-0.2, -0.15) is 5.10 Å². The molecule has 0 atom stereocenters. The molecule has 3 rings (SSSR count). The molecule has 0 amide bonds. The Labute approximate surface area is 86.5 Å². The van der Waals surface area contributed by atoms with Crippen LogP contribution in [-0.4, -0.2) is 15.2 Å². The van der Waals surface area contributed by atoms with E-state index in [1.807, 2.05) is 0 Å². The minimum absolute atomic E-state index is 0.821. The van der Waals surface area contributed by atoms with Gasteiger partial charge in [0, 0.05) is 5.69 Å². The first-order valence-corrected chi connectivity index (χ1v) is 5.24. The Morgan fingerprint density at radius 2 is 2.14 bits per heavy atom. The highest BCUT2D eigenvalue weighted by Gasteiger charge is 2.17. The van der Waals surface area contributed by atoms with Crippen LogP contribution in [0.3, 0.4) is 0 Å². The second-order valence-corrected chi connectivity index (χ2v) is 4.07. The fourth-order valence-corrected chi connectivity index (χ4v) is 2.41. The predicted octanol–water partition coefficient (Wildman–Crippen LogP) is 2.49. The number of H-pyrrole nitrogens is 1. The Morgan fingerprint density at radius 3 is 3.07 bits per heavy atom. The summed E-state index contributed by atoms with van der Waals surface area (Å²) in [5.41, 5.74) is 4.15. The van der Waals surface area contributed by atoms with Crippen LogP contribution in [0.4, 0.5) is 0 Å². The molecule has 2 aromatic rings. The van der Waals surface area contributed by atoms with E-state index in [0.29, 0.717) is 0 Å². The van der Waals surface area contributed by atoms with Gasteiger partial charge in [-0.3, -0.25) is 5.10 Å². The number of aryl methyl sites for hydroxylation is 1. The first-order valence-electron chi connectivity index (χ1n) is 4.86. The van der Waals surface area contributed by atoms with Crippen molar-refractivity contribution < 1.29 is 0 Å². The van der Waals surface area contributed by atoms with Crippen LogP contribution >= 0.6 is 11.6 Å². The van der Waals surface area contributed by atoms with Gasteiger partial charge in [0.2, 0.25) is 0 Å². The van der Waals surface area contributed by atoms with Crippen LogP contribution in [-0.2, 0) is 12.8 Å². The Morgan fingerprint density at radius 1 is 1.29 bits per heavy atom. The van der Waals surface area contributed by atoms with E-state index in [0.717, 1.165) is 34.6 Å². The first-order chi connectivity index (χ1) is 6.86. The number of hydrogen-bond acceptors (Lipinski definition) is 2. The second-order valence-electron chi connectivity index (χ2n) is 3.69. The van der Waals surface area contributed by atoms with Crippen molar-refractivity contribution in [1.29, 1.82) is 0 Å². The molecule has 0 bridgehead atoms. The highest BCUT2D eigenvalue weighted by molar-refractivity contribution is 6.35. The second kappa shape index (κ2) is 2.95. The summed E-state index contributed by atoms with van der Waals surface area (Å²) < 4.78 is 0. The molecule has 2 aromatic heterocycles. The van der Waals surface area contributed by atoms with Crippen molar-refractivity contribution in [2.24, 2.45) is 0 Å². The van der Waals surface area contributed by atoms with Gasteiger partial charge in [-0.15, -0.1) is 0 Å². The average Bonchev–Trinajstić information content (AvgIpc) is 2.66. The standard InChI is InChI=1S/C10H10ClN3/c11-9-6-3-1-2-4-7(6)13-8-5-12-14-10(8)9/h5H,1-4H2,(H,12,14). The van der Waals surface area contributed by atoms with Crippen molar-refractivity contribution in [3.8, 4) is 0 Å². The van der Waals surface area contributed by atoms with Gasteiger partial charge in [0.1, 0.15) is 11.0 Å². The number of hydrogen-bond donors (Lipinski definition) is 1. The Hall–Kier alpha value is -1.09. The molecule has 72 valence electrons. The minimum Gasteiger partial charge on any atom is -0.275 e. The third kappa shape index (κ3) is 1.05. The zero-order valence-electron chi connectivity index (χ0n) is 7.68. The minimum atomic E-state index is 0.821. The van der Waals surface area contributed by atoms with Crippen LogP contribution in [0.2, 0.25) is 5.02 Å². The molecule has 2 heterocycles. The molecular formula is C10H10ClN3. The molecule has 0 saturated heterocycles.